The van der Waals surface area contributed by atoms with E-state index in [2.05, 4.69) is 20.9 Å². The zero-order valence-electron chi connectivity index (χ0n) is 11.3. The van der Waals surface area contributed by atoms with E-state index in [1.807, 2.05) is 31.2 Å². The van der Waals surface area contributed by atoms with Crippen molar-refractivity contribution in [1.29, 1.82) is 0 Å². The van der Waals surface area contributed by atoms with Crippen molar-refractivity contribution in [3.05, 3.63) is 28.7 Å². The summed E-state index contributed by atoms with van der Waals surface area (Å²) in [6.07, 6.45) is 0.510. The van der Waals surface area contributed by atoms with Crippen LogP contribution in [0.1, 0.15) is 13.3 Å². The molecule has 1 aromatic carbocycles. The van der Waals surface area contributed by atoms with Crippen LogP contribution in [0.3, 0.4) is 0 Å². The molecule has 1 unspecified atom stereocenters. The van der Waals surface area contributed by atoms with Crippen LogP contribution >= 0.6 is 15.9 Å². The summed E-state index contributed by atoms with van der Waals surface area (Å²) in [5.41, 5.74) is 12.3. The zero-order chi connectivity index (χ0) is 14.5. The van der Waals surface area contributed by atoms with Crippen LogP contribution in [0.4, 0.5) is 5.82 Å². The smallest absolute Gasteiger partial charge is 0.140 e. The highest BCUT2D eigenvalue weighted by molar-refractivity contribution is 9.10. The minimum Gasteiger partial charge on any atom is -0.489 e. The van der Waals surface area contributed by atoms with Crippen molar-refractivity contribution < 1.29 is 9.47 Å². The van der Waals surface area contributed by atoms with Crippen molar-refractivity contribution in [2.75, 3.05) is 18.9 Å². The molecule has 108 valence electrons. The molecule has 0 amide bonds. The minimum absolute atomic E-state index is 0.303. The van der Waals surface area contributed by atoms with E-state index in [4.69, 9.17) is 20.9 Å². The van der Waals surface area contributed by atoms with Gasteiger partial charge in [-0.2, -0.15) is 0 Å². The second-order valence-corrected chi connectivity index (χ2v) is 5.28. The number of nitrogens with two attached hydrogens (primary N) is 2. The van der Waals surface area contributed by atoms with Gasteiger partial charge in [0.15, 0.2) is 0 Å². The van der Waals surface area contributed by atoms with Crippen LogP contribution in [0.5, 0.6) is 5.75 Å². The van der Waals surface area contributed by atoms with Crippen LogP contribution < -0.4 is 16.2 Å². The van der Waals surface area contributed by atoms with Crippen molar-refractivity contribution in [2.24, 2.45) is 5.73 Å². The lowest BCUT2D eigenvalue weighted by molar-refractivity contribution is 0.0249. The van der Waals surface area contributed by atoms with Crippen molar-refractivity contribution in [1.82, 2.24) is 4.98 Å². The van der Waals surface area contributed by atoms with Gasteiger partial charge in [-0.05, 0) is 40.5 Å². The molecule has 1 atom stereocenters. The maximum atomic E-state index is 5.78. The monoisotopic (exact) mass is 339 g/mol. The highest BCUT2D eigenvalue weighted by Gasteiger charge is 2.06. The van der Waals surface area contributed by atoms with Crippen molar-refractivity contribution in [2.45, 2.75) is 19.6 Å². The maximum Gasteiger partial charge on any atom is 0.140 e. The van der Waals surface area contributed by atoms with E-state index >= 15 is 0 Å². The van der Waals surface area contributed by atoms with E-state index in [-0.39, 0.29) is 0 Å². The lowest BCUT2D eigenvalue weighted by Gasteiger charge is -2.14. The molecule has 20 heavy (non-hydrogen) atoms. The van der Waals surface area contributed by atoms with Gasteiger partial charge >= 0.3 is 0 Å². The molecule has 5 nitrogen and oxygen atoms in total. The summed E-state index contributed by atoms with van der Waals surface area (Å²) in [5, 5.41) is 0.991. The van der Waals surface area contributed by atoms with E-state index in [9.17, 15) is 0 Å². The predicted molar refractivity (Wildman–Crippen MR) is 83.6 cm³/mol. The molecular formula is C14H18BrN3O2. The number of hydrogen-bond donors (Lipinski definition) is 2. The Bertz CT molecular complexity index is 592. The van der Waals surface area contributed by atoms with Crippen LogP contribution in [-0.4, -0.2) is 24.4 Å². The standard InChI is InChI=1S/C14H18BrN3O2/c1-2-5-19-13(16)8-20-10-4-3-9-6-11(15)14(17)18-12(9)7-10/h3-4,6-7,13H,2,5,8,16H2,1H3,(H2,17,18). The highest BCUT2D eigenvalue weighted by Crippen LogP contribution is 2.25. The van der Waals surface area contributed by atoms with Crippen molar-refractivity contribution in [3.8, 4) is 5.75 Å². The van der Waals surface area contributed by atoms with Gasteiger partial charge in [0.25, 0.3) is 0 Å². The maximum absolute atomic E-state index is 5.78. The second kappa shape index (κ2) is 6.88. The first kappa shape index (κ1) is 15.0. The van der Waals surface area contributed by atoms with Crippen LogP contribution in [-0.2, 0) is 4.74 Å². The SMILES string of the molecule is CCCOC(N)COc1ccc2cc(Br)c(N)nc2c1. The molecule has 2 aromatic rings. The Balaban J connectivity index is 2.06. The van der Waals surface area contributed by atoms with Crippen LogP contribution in [0.2, 0.25) is 0 Å². The van der Waals surface area contributed by atoms with Gasteiger partial charge in [-0.15, -0.1) is 0 Å². The van der Waals surface area contributed by atoms with Gasteiger partial charge in [0.05, 0.1) is 9.99 Å². The molecule has 2 rings (SSSR count). The number of rotatable bonds is 6. The average molecular weight is 340 g/mol. The number of nitrogens with zero attached hydrogens (tertiary/aromatic N) is 1. The molecule has 4 N–H and O–H groups in total. The summed E-state index contributed by atoms with van der Waals surface area (Å²) in [5.74, 6) is 1.15. The molecule has 0 bridgehead atoms. The number of fused-ring (bicyclic) bond motifs is 1. The minimum atomic E-state index is -0.423. The molecule has 0 spiro atoms. The third-order valence-electron chi connectivity index (χ3n) is 2.72. The van der Waals surface area contributed by atoms with Gasteiger partial charge in [-0.25, -0.2) is 4.98 Å². The summed E-state index contributed by atoms with van der Waals surface area (Å²) >= 11 is 3.36. The van der Waals surface area contributed by atoms with Gasteiger partial charge in [-0.1, -0.05) is 6.92 Å². The molecular weight excluding hydrogens is 322 g/mol. The van der Waals surface area contributed by atoms with Gasteiger partial charge in [0, 0.05) is 18.1 Å². The van der Waals surface area contributed by atoms with E-state index < -0.39 is 6.23 Å². The van der Waals surface area contributed by atoms with Gasteiger partial charge in [0.1, 0.15) is 24.4 Å². The van der Waals surface area contributed by atoms with Crippen LogP contribution in [0, 0.1) is 0 Å². The number of aromatic nitrogens is 1. The Morgan fingerprint density at radius 3 is 2.90 bits per heavy atom. The summed E-state index contributed by atoms with van der Waals surface area (Å²) < 4.78 is 11.7. The third-order valence-corrected chi connectivity index (χ3v) is 3.36. The average Bonchev–Trinajstić information content (AvgIpc) is 2.44. The molecule has 0 fully saturated rings. The van der Waals surface area contributed by atoms with Gasteiger partial charge < -0.3 is 20.9 Å². The van der Waals surface area contributed by atoms with Gasteiger partial charge in [-0.3, -0.25) is 0 Å². The summed E-state index contributed by atoms with van der Waals surface area (Å²) in [7, 11) is 0. The lowest BCUT2D eigenvalue weighted by atomic mass is 10.2. The number of benzene rings is 1. The topological polar surface area (TPSA) is 83.4 Å². The number of ether oxygens (including phenoxy) is 2. The van der Waals surface area contributed by atoms with E-state index in [0.29, 0.717) is 24.8 Å². The molecule has 6 heteroatoms. The molecule has 0 aliphatic carbocycles. The Morgan fingerprint density at radius 2 is 2.15 bits per heavy atom. The second-order valence-electron chi connectivity index (χ2n) is 4.43. The Morgan fingerprint density at radius 1 is 1.35 bits per heavy atom. The number of pyridine rings is 1. The normalized spacial score (nSPS) is 12.6. The van der Waals surface area contributed by atoms with Crippen LogP contribution in [0.25, 0.3) is 10.9 Å². The molecule has 0 aliphatic rings. The van der Waals surface area contributed by atoms with E-state index in [1.165, 1.54) is 0 Å². The quantitative estimate of drug-likeness (QED) is 0.790. The highest BCUT2D eigenvalue weighted by atomic mass is 79.9. The van der Waals surface area contributed by atoms with Crippen molar-refractivity contribution in [3.63, 3.8) is 0 Å². The Labute approximate surface area is 126 Å². The molecule has 0 aliphatic heterocycles. The Hall–Kier alpha value is -1.37. The molecule has 1 aromatic heterocycles. The van der Waals surface area contributed by atoms with Crippen LogP contribution in [0.15, 0.2) is 28.7 Å². The summed E-state index contributed by atoms with van der Waals surface area (Å²) in [4.78, 5) is 4.30. The number of nitrogen functional groups attached to an aromatic ring is 1. The fraction of sp³-hybridized carbons (Fsp3) is 0.357. The van der Waals surface area contributed by atoms with Crippen molar-refractivity contribution >= 4 is 32.7 Å². The third kappa shape index (κ3) is 3.82. The lowest BCUT2D eigenvalue weighted by Crippen LogP contribution is -2.31. The largest absolute Gasteiger partial charge is 0.489 e. The first-order valence-corrected chi connectivity index (χ1v) is 7.25. The zero-order valence-corrected chi connectivity index (χ0v) is 12.9. The molecule has 0 saturated carbocycles. The predicted octanol–water partition coefficient (Wildman–Crippen LogP) is 2.67. The first-order valence-electron chi connectivity index (χ1n) is 6.46. The number of hydrogen-bond acceptors (Lipinski definition) is 5. The van der Waals surface area contributed by atoms with Gasteiger partial charge in [0.2, 0.25) is 0 Å². The molecule has 1 heterocycles. The van der Waals surface area contributed by atoms with E-state index in [0.717, 1.165) is 21.8 Å². The molecule has 0 radical (unpaired) electrons. The summed E-state index contributed by atoms with van der Waals surface area (Å²) in [6.45, 7) is 2.97. The number of anilines is 1. The molecule has 0 saturated heterocycles. The van der Waals surface area contributed by atoms with E-state index in [1.54, 1.807) is 0 Å². The fourth-order valence-corrected chi connectivity index (χ4v) is 2.06. The number of halogens is 1. The summed E-state index contributed by atoms with van der Waals surface area (Å²) in [6, 6.07) is 7.57. The fourth-order valence-electron chi connectivity index (χ4n) is 1.72. The first-order chi connectivity index (χ1) is 9.60. The Kier molecular flexibility index (Phi) is 5.17.